The van der Waals surface area contributed by atoms with Crippen molar-refractivity contribution in [2.45, 2.75) is 51.2 Å². The Kier molecular flexibility index (Phi) is 5.95. The van der Waals surface area contributed by atoms with Crippen LogP contribution in [0.4, 0.5) is 0 Å². The monoisotopic (exact) mass is 428 g/mol. The van der Waals surface area contributed by atoms with E-state index >= 15 is 0 Å². The van der Waals surface area contributed by atoms with E-state index in [-0.39, 0.29) is 24.2 Å². The van der Waals surface area contributed by atoms with E-state index < -0.39 is 6.10 Å². The van der Waals surface area contributed by atoms with Crippen LogP contribution < -0.4 is 0 Å². The van der Waals surface area contributed by atoms with Crippen LogP contribution >= 0.6 is 0 Å². The van der Waals surface area contributed by atoms with Gasteiger partial charge in [-0.05, 0) is 50.0 Å². The molecule has 3 aliphatic rings. The van der Waals surface area contributed by atoms with Gasteiger partial charge in [0, 0.05) is 43.2 Å². The van der Waals surface area contributed by atoms with Gasteiger partial charge >= 0.3 is 0 Å². The molecule has 1 aliphatic heterocycles. The van der Waals surface area contributed by atoms with Crippen molar-refractivity contribution >= 4 is 18.2 Å². The van der Waals surface area contributed by atoms with Crippen molar-refractivity contribution in [3.63, 3.8) is 0 Å². The van der Waals surface area contributed by atoms with Crippen molar-refractivity contribution in [3.8, 4) is 0 Å². The number of nitrogens with one attached hydrogen (secondary N) is 1. The lowest BCUT2D eigenvalue weighted by atomic mass is 9.77. The molecule has 2 aromatic rings. The minimum absolute atomic E-state index is 0.0113. The fraction of sp³-hybridized carbons (Fsp3) is 0.545. The second-order valence-electron chi connectivity index (χ2n) is 8.71. The smallest absolute Gasteiger partial charge is 0.290 e. The van der Waals surface area contributed by atoms with E-state index in [1.807, 2.05) is 22.6 Å². The number of rotatable bonds is 2. The summed E-state index contributed by atoms with van der Waals surface area (Å²) in [4.78, 5) is 43.1. The van der Waals surface area contributed by atoms with Crippen molar-refractivity contribution in [1.82, 2.24) is 19.4 Å². The van der Waals surface area contributed by atoms with E-state index in [1.165, 1.54) is 0 Å². The number of carbonyl (C=O) groups excluding carboxylic acids is 2. The largest absolute Gasteiger partial charge is 0.483 e. The first-order valence-corrected chi connectivity index (χ1v) is 10.7. The Balaban J connectivity index is 0.000000730. The first-order chi connectivity index (χ1) is 14.9. The van der Waals surface area contributed by atoms with Crippen molar-refractivity contribution in [2.24, 2.45) is 11.8 Å². The van der Waals surface area contributed by atoms with Gasteiger partial charge in [-0.3, -0.25) is 14.4 Å². The highest BCUT2D eigenvalue weighted by molar-refractivity contribution is 6.04. The van der Waals surface area contributed by atoms with Crippen molar-refractivity contribution in [3.05, 3.63) is 41.2 Å². The Hall–Kier alpha value is -2.94. The highest BCUT2D eigenvalue weighted by atomic mass is 16.3. The molecule has 166 valence electrons. The zero-order valence-electron chi connectivity index (χ0n) is 17.5. The summed E-state index contributed by atoms with van der Waals surface area (Å²) in [6, 6.07) is 0.0240. The molecule has 2 fully saturated rings. The topological polar surface area (TPSA) is 129 Å². The highest BCUT2D eigenvalue weighted by Gasteiger charge is 2.44. The van der Waals surface area contributed by atoms with Crippen LogP contribution in [0.15, 0.2) is 18.7 Å². The Morgan fingerprint density at radius 1 is 1.26 bits per heavy atom. The molecule has 5 rings (SSSR count). The molecule has 3 heterocycles. The number of aliphatic hydroxyl groups excluding tert-OH is 1. The Morgan fingerprint density at radius 2 is 1.97 bits per heavy atom. The molecule has 0 unspecified atom stereocenters. The number of aliphatic hydroxyl groups is 1. The molecular weight excluding hydrogens is 400 g/mol. The number of ketones is 1. The van der Waals surface area contributed by atoms with Crippen LogP contribution in [0.5, 0.6) is 0 Å². The van der Waals surface area contributed by atoms with E-state index in [9.17, 15) is 14.7 Å². The summed E-state index contributed by atoms with van der Waals surface area (Å²) in [5.74, 6) is 0.842. The minimum atomic E-state index is -0.414. The van der Waals surface area contributed by atoms with Crippen LogP contribution in [0, 0.1) is 18.8 Å². The standard InChI is InChI=1S/C21H26N4O3.CH2O2/c1-12-19-15(3-2-4-17(19)26)23-20(12)21(28)25-9-13-7-16(24-6-5-22-11-24)18(27)8-14(13)10-25;2-1-3/h5-6,11,13-14,16,18,23,27H,2-4,7-10H2,1H3;1H,(H,2,3)/t13-,14+,16-,18-;/m1./s1. The van der Waals surface area contributed by atoms with Gasteiger partial charge in [0.2, 0.25) is 0 Å². The molecule has 1 saturated carbocycles. The summed E-state index contributed by atoms with van der Waals surface area (Å²) < 4.78 is 1.99. The fourth-order valence-corrected chi connectivity index (χ4v) is 5.51. The number of hydrogen-bond acceptors (Lipinski definition) is 5. The van der Waals surface area contributed by atoms with E-state index in [1.54, 1.807) is 12.5 Å². The molecular formula is C22H28N4O5. The zero-order chi connectivity index (χ0) is 22.1. The van der Waals surface area contributed by atoms with Crippen molar-refractivity contribution < 1.29 is 24.6 Å². The third-order valence-corrected chi connectivity index (χ3v) is 6.96. The number of amides is 1. The maximum Gasteiger partial charge on any atom is 0.290 e. The van der Waals surface area contributed by atoms with Gasteiger partial charge in [0.1, 0.15) is 5.69 Å². The number of Topliss-reactive ketones (excluding diaryl/α,β-unsaturated/α-hetero) is 1. The molecule has 0 radical (unpaired) electrons. The van der Waals surface area contributed by atoms with Crippen LogP contribution in [0.2, 0.25) is 0 Å². The van der Waals surface area contributed by atoms with Crippen LogP contribution in [-0.4, -0.2) is 67.0 Å². The number of hydrogen-bond donors (Lipinski definition) is 3. The number of nitrogens with zero attached hydrogens (tertiary/aromatic N) is 3. The number of aromatic amines is 1. The first kappa shape index (κ1) is 21.3. The maximum absolute atomic E-state index is 13.2. The summed E-state index contributed by atoms with van der Waals surface area (Å²) in [6.45, 7) is 3.01. The molecule has 4 atom stereocenters. The van der Waals surface area contributed by atoms with E-state index in [0.29, 0.717) is 43.5 Å². The van der Waals surface area contributed by atoms with Gasteiger partial charge in [-0.2, -0.15) is 0 Å². The van der Waals surface area contributed by atoms with Crippen molar-refractivity contribution in [2.75, 3.05) is 13.1 Å². The Bertz CT molecular complexity index is 967. The number of aromatic nitrogens is 3. The summed E-state index contributed by atoms with van der Waals surface area (Å²) in [6.07, 6.45) is 8.79. The molecule has 3 N–H and O–H groups in total. The molecule has 9 nitrogen and oxygen atoms in total. The van der Waals surface area contributed by atoms with Crippen LogP contribution in [0.1, 0.15) is 63.8 Å². The summed E-state index contributed by atoms with van der Waals surface area (Å²) in [5, 5.41) is 17.5. The quantitative estimate of drug-likeness (QED) is 0.626. The van der Waals surface area contributed by atoms with Gasteiger partial charge in [-0.25, -0.2) is 4.98 Å². The normalized spacial score (nSPS) is 27.2. The van der Waals surface area contributed by atoms with Crippen LogP contribution in [-0.2, 0) is 11.2 Å². The van der Waals surface area contributed by atoms with E-state index in [2.05, 4.69) is 9.97 Å². The lowest BCUT2D eigenvalue weighted by Gasteiger charge is -2.35. The van der Waals surface area contributed by atoms with Gasteiger partial charge in [0.15, 0.2) is 5.78 Å². The number of imidazole rings is 1. The summed E-state index contributed by atoms with van der Waals surface area (Å²) >= 11 is 0. The van der Waals surface area contributed by atoms with E-state index in [0.717, 1.165) is 36.1 Å². The molecule has 31 heavy (non-hydrogen) atoms. The van der Waals surface area contributed by atoms with Gasteiger partial charge in [-0.1, -0.05) is 0 Å². The number of carboxylic acid groups (broad SMARTS) is 1. The van der Waals surface area contributed by atoms with Crippen molar-refractivity contribution in [1.29, 1.82) is 0 Å². The highest BCUT2D eigenvalue weighted by Crippen LogP contribution is 2.42. The number of H-pyrrole nitrogens is 1. The van der Waals surface area contributed by atoms with Gasteiger partial charge in [0.05, 0.1) is 18.5 Å². The molecule has 1 amide bonds. The first-order valence-electron chi connectivity index (χ1n) is 10.7. The number of fused-ring (bicyclic) bond motifs is 2. The van der Waals surface area contributed by atoms with Crippen LogP contribution in [0.3, 0.4) is 0 Å². The van der Waals surface area contributed by atoms with Gasteiger partial charge in [-0.15, -0.1) is 0 Å². The molecule has 2 aliphatic carbocycles. The lowest BCUT2D eigenvalue weighted by Crippen LogP contribution is -2.35. The second-order valence-corrected chi connectivity index (χ2v) is 8.71. The molecule has 2 aromatic heterocycles. The van der Waals surface area contributed by atoms with Gasteiger partial charge < -0.3 is 24.7 Å². The maximum atomic E-state index is 13.2. The number of carbonyl (C=O) groups is 3. The van der Waals surface area contributed by atoms with Crippen LogP contribution in [0.25, 0.3) is 0 Å². The second kappa shape index (κ2) is 8.66. The molecule has 0 spiro atoms. The third kappa shape index (κ3) is 3.89. The molecule has 0 bridgehead atoms. The Labute approximate surface area is 180 Å². The fourth-order valence-electron chi connectivity index (χ4n) is 5.51. The average Bonchev–Trinajstić information content (AvgIpc) is 3.46. The lowest BCUT2D eigenvalue weighted by molar-refractivity contribution is -0.122. The van der Waals surface area contributed by atoms with Gasteiger partial charge in [0.25, 0.3) is 12.4 Å². The number of aryl methyl sites for hydroxylation is 1. The molecule has 0 aromatic carbocycles. The average molecular weight is 428 g/mol. The summed E-state index contributed by atoms with van der Waals surface area (Å²) in [5.41, 5.74) is 3.03. The zero-order valence-corrected chi connectivity index (χ0v) is 17.5. The predicted molar refractivity (Wildman–Crippen MR) is 111 cm³/mol. The third-order valence-electron chi connectivity index (χ3n) is 6.96. The molecule has 1 saturated heterocycles. The number of likely N-dealkylation sites (tertiary alicyclic amines) is 1. The minimum Gasteiger partial charge on any atom is -0.483 e. The predicted octanol–water partition coefficient (Wildman–Crippen LogP) is 1.82. The SMILES string of the molecule is Cc1c(C(=O)N2C[C@H]3C[C@@H](n4ccnc4)[C@H](O)C[C@H]3C2)[nH]c2c1C(=O)CCC2.O=CO. The summed E-state index contributed by atoms with van der Waals surface area (Å²) in [7, 11) is 0. The Morgan fingerprint density at radius 3 is 2.61 bits per heavy atom. The molecule has 9 heteroatoms. The van der Waals surface area contributed by atoms with E-state index in [4.69, 9.17) is 9.90 Å².